The average Bonchev–Trinajstić information content (AvgIpc) is 3.02. The quantitative estimate of drug-likeness (QED) is 0.820. The molecule has 0 saturated heterocycles. The van der Waals surface area contributed by atoms with Crippen molar-refractivity contribution in [2.45, 2.75) is 39.0 Å². The Hall–Kier alpha value is -2.04. The molecule has 1 heterocycles. The molecule has 0 amide bonds. The van der Waals surface area contributed by atoms with Crippen molar-refractivity contribution in [3.63, 3.8) is 0 Å². The van der Waals surface area contributed by atoms with Crippen LogP contribution in [0.25, 0.3) is 0 Å². The third-order valence-electron chi connectivity index (χ3n) is 4.06. The van der Waals surface area contributed by atoms with Crippen molar-refractivity contribution in [1.82, 2.24) is 5.32 Å². The standard InChI is InChI=1S/C20H25NO3/c1-14(2)24-18-6-4-16(5-7-18)19(22)13-21-12-15-3-8-20-17(11-15)9-10-23-20/h3-8,11,14,19,21-22H,9-10,12-13H2,1-2H3. The third-order valence-corrected chi connectivity index (χ3v) is 4.06. The molecule has 0 bridgehead atoms. The van der Waals surface area contributed by atoms with Gasteiger partial charge in [0, 0.05) is 19.5 Å². The largest absolute Gasteiger partial charge is 0.493 e. The summed E-state index contributed by atoms with van der Waals surface area (Å²) >= 11 is 0. The van der Waals surface area contributed by atoms with E-state index >= 15 is 0 Å². The lowest BCUT2D eigenvalue weighted by Crippen LogP contribution is -2.21. The fraction of sp³-hybridized carbons (Fsp3) is 0.400. The van der Waals surface area contributed by atoms with Crippen LogP contribution in [-0.2, 0) is 13.0 Å². The summed E-state index contributed by atoms with van der Waals surface area (Å²) in [5, 5.41) is 13.6. The van der Waals surface area contributed by atoms with Crippen molar-refractivity contribution in [2.75, 3.05) is 13.2 Å². The molecule has 2 aromatic carbocycles. The van der Waals surface area contributed by atoms with E-state index in [0.717, 1.165) is 36.6 Å². The van der Waals surface area contributed by atoms with E-state index in [1.165, 1.54) is 11.1 Å². The van der Waals surface area contributed by atoms with E-state index in [2.05, 4.69) is 17.4 Å². The van der Waals surface area contributed by atoms with Crippen LogP contribution in [0.15, 0.2) is 42.5 Å². The minimum Gasteiger partial charge on any atom is -0.493 e. The predicted molar refractivity (Wildman–Crippen MR) is 94.5 cm³/mol. The number of rotatable bonds is 7. The highest BCUT2D eigenvalue weighted by Gasteiger charge is 2.12. The second-order valence-corrected chi connectivity index (χ2v) is 6.42. The van der Waals surface area contributed by atoms with Gasteiger partial charge >= 0.3 is 0 Å². The molecule has 24 heavy (non-hydrogen) atoms. The third kappa shape index (κ3) is 4.28. The van der Waals surface area contributed by atoms with Gasteiger partial charge in [-0.3, -0.25) is 0 Å². The Morgan fingerprint density at radius 3 is 2.71 bits per heavy atom. The number of benzene rings is 2. The van der Waals surface area contributed by atoms with Gasteiger partial charge in [-0.1, -0.05) is 24.3 Å². The molecule has 3 rings (SSSR count). The van der Waals surface area contributed by atoms with Gasteiger partial charge in [0.1, 0.15) is 11.5 Å². The van der Waals surface area contributed by atoms with Crippen LogP contribution < -0.4 is 14.8 Å². The van der Waals surface area contributed by atoms with E-state index in [0.29, 0.717) is 6.54 Å². The summed E-state index contributed by atoms with van der Waals surface area (Å²) in [5.41, 5.74) is 3.38. The van der Waals surface area contributed by atoms with Crippen molar-refractivity contribution >= 4 is 0 Å². The lowest BCUT2D eigenvalue weighted by molar-refractivity contribution is 0.174. The summed E-state index contributed by atoms with van der Waals surface area (Å²) < 4.78 is 11.1. The first-order valence-electron chi connectivity index (χ1n) is 8.52. The molecule has 4 heteroatoms. The molecule has 1 aliphatic rings. The lowest BCUT2D eigenvalue weighted by Gasteiger charge is -2.14. The molecule has 2 aromatic rings. The minimum absolute atomic E-state index is 0.153. The SMILES string of the molecule is CC(C)Oc1ccc(C(O)CNCc2ccc3c(c2)CCO3)cc1. The van der Waals surface area contributed by atoms with Gasteiger partial charge in [0.05, 0.1) is 18.8 Å². The minimum atomic E-state index is -0.532. The Labute approximate surface area is 143 Å². The van der Waals surface area contributed by atoms with E-state index in [-0.39, 0.29) is 6.10 Å². The Morgan fingerprint density at radius 2 is 1.96 bits per heavy atom. The van der Waals surface area contributed by atoms with Gasteiger partial charge in [0.2, 0.25) is 0 Å². The summed E-state index contributed by atoms with van der Waals surface area (Å²) in [6.45, 7) is 6.02. The monoisotopic (exact) mass is 327 g/mol. The Morgan fingerprint density at radius 1 is 1.17 bits per heavy atom. The van der Waals surface area contributed by atoms with Crippen LogP contribution in [0.2, 0.25) is 0 Å². The number of ether oxygens (including phenoxy) is 2. The van der Waals surface area contributed by atoms with Crippen molar-refractivity contribution in [2.24, 2.45) is 0 Å². The maximum Gasteiger partial charge on any atom is 0.122 e. The van der Waals surface area contributed by atoms with Crippen LogP contribution >= 0.6 is 0 Å². The maximum atomic E-state index is 10.3. The summed E-state index contributed by atoms with van der Waals surface area (Å²) in [5.74, 6) is 1.83. The molecule has 2 N–H and O–H groups in total. The number of fused-ring (bicyclic) bond motifs is 1. The van der Waals surface area contributed by atoms with Gasteiger partial charge in [0.15, 0.2) is 0 Å². The van der Waals surface area contributed by atoms with E-state index in [1.807, 2.05) is 44.2 Å². The van der Waals surface area contributed by atoms with Gasteiger partial charge in [-0.2, -0.15) is 0 Å². The topological polar surface area (TPSA) is 50.7 Å². The van der Waals surface area contributed by atoms with Crippen LogP contribution in [0.1, 0.15) is 36.6 Å². The van der Waals surface area contributed by atoms with E-state index in [9.17, 15) is 5.11 Å². The predicted octanol–water partition coefficient (Wildman–Crippen LogP) is 3.23. The summed E-state index contributed by atoms with van der Waals surface area (Å²) in [6.07, 6.45) is 0.604. The number of hydrogen-bond acceptors (Lipinski definition) is 4. The first kappa shape index (κ1) is 16.8. The number of aliphatic hydroxyl groups is 1. The smallest absolute Gasteiger partial charge is 0.122 e. The van der Waals surface area contributed by atoms with Crippen LogP contribution in [0, 0.1) is 0 Å². The average molecular weight is 327 g/mol. The zero-order valence-electron chi connectivity index (χ0n) is 14.3. The zero-order chi connectivity index (χ0) is 16.9. The van der Waals surface area contributed by atoms with E-state index < -0.39 is 6.10 Å². The van der Waals surface area contributed by atoms with Crippen LogP contribution in [0.3, 0.4) is 0 Å². The van der Waals surface area contributed by atoms with Gasteiger partial charge < -0.3 is 19.9 Å². The Balaban J connectivity index is 1.49. The van der Waals surface area contributed by atoms with Gasteiger partial charge in [0.25, 0.3) is 0 Å². The molecular formula is C20H25NO3. The first-order valence-corrected chi connectivity index (χ1v) is 8.52. The highest BCUT2D eigenvalue weighted by atomic mass is 16.5. The molecule has 1 atom stereocenters. The number of aliphatic hydroxyl groups excluding tert-OH is 1. The van der Waals surface area contributed by atoms with Crippen LogP contribution in [0.4, 0.5) is 0 Å². The molecule has 1 aliphatic heterocycles. The molecule has 0 saturated carbocycles. The first-order chi connectivity index (χ1) is 11.6. The molecule has 0 aliphatic carbocycles. The molecule has 4 nitrogen and oxygen atoms in total. The molecule has 0 aromatic heterocycles. The number of nitrogens with one attached hydrogen (secondary N) is 1. The Bertz CT molecular complexity index is 667. The summed E-state index contributed by atoms with van der Waals surface area (Å²) in [6, 6.07) is 13.9. The van der Waals surface area contributed by atoms with Crippen molar-refractivity contribution in [3.8, 4) is 11.5 Å². The molecule has 0 fully saturated rings. The van der Waals surface area contributed by atoms with E-state index in [1.54, 1.807) is 0 Å². The maximum absolute atomic E-state index is 10.3. The zero-order valence-corrected chi connectivity index (χ0v) is 14.3. The summed E-state index contributed by atoms with van der Waals surface area (Å²) in [4.78, 5) is 0. The van der Waals surface area contributed by atoms with Crippen molar-refractivity contribution in [3.05, 3.63) is 59.2 Å². The molecule has 128 valence electrons. The Kier molecular flexibility index (Phi) is 5.38. The van der Waals surface area contributed by atoms with Crippen molar-refractivity contribution in [1.29, 1.82) is 0 Å². The molecule has 1 unspecified atom stereocenters. The van der Waals surface area contributed by atoms with Crippen molar-refractivity contribution < 1.29 is 14.6 Å². The van der Waals surface area contributed by atoms with Gasteiger partial charge in [-0.15, -0.1) is 0 Å². The number of hydrogen-bond donors (Lipinski definition) is 2. The lowest BCUT2D eigenvalue weighted by atomic mass is 10.1. The van der Waals surface area contributed by atoms with Crippen LogP contribution in [0.5, 0.6) is 11.5 Å². The second-order valence-electron chi connectivity index (χ2n) is 6.42. The molecule has 0 radical (unpaired) electrons. The molecular weight excluding hydrogens is 302 g/mol. The fourth-order valence-corrected chi connectivity index (χ4v) is 2.86. The highest BCUT2D eigenvalue weighted by molar-refractivity contribution is 5.39. The van der Waals surface area contributed by atoms with E-state index in [4.69, 9.17) is 9.47 Å². The van der Waals surface area contributed by atoms with Gasteiger partial charge in [-0.25, -0.2) is 0 Å². The van der Waals surface area contributed by atoms with Gasteiger partial charge in [-0.05, 0) is 48.7 Å². The summed E-state index contributed by atoms with van der Waals surface area (Å²) in [7, 11) is 0. The second kappa shape index (κ2) is 7.69. The fourth-order valence-electron chi connectivity index (χ4n) is 2.86. The highest BCUT2D eigenvalue weighted by Crippen LogP contribution is 2.26. The normalized spacial score (nSPS) is 14.3. The van der Waals surface area contributed by atoms with Crippen LogP contribution in [-0.4, -0.2) is 24.4 Å². The molecule has 0 spiro atoms.